The molecule has 1 N–H and O–H groups in total. The summed E-state index contributed by atoms with van der Waals surface area (Å²) in [6, 6.07) is 22.1. The Morgan fingerprint density at radius 2 is 1.81 bits per heavy atom. The van der Waals surface area contributed by atoms with E-state index in [0.717, 1.165) is 17.2 Å². The number of rotatable bonds is 5. The zero-order chi connectivity index (χ0) is 22.7. The topological polar surface area (TPSA) is 56.1 Å². The average molecular weight is 431 g/mol. The molecule has 1 fully saturated rings. The summed E-state index contributed by atoms with van der Waals surface area (Å²) in [7, 11) is 0. The summed E-state index contributed by atoms with van der Waals surface area (Å²) < 4.78 is 27.3. The van der Waals surface area contributed by atoms with E-state index in [2.05, 4.69) is 11.4 Å². The minimum Gasteiger partial charge on any atom is -0.327 e. The van der Waals surface area contributed by atoms with Crippen molar-refractivity contribution in [3.8, 4) is 17.2 Å². The van der Waals surface area contributed by atoms with Gasteiger partial charge in [0.15, 0.2) is 0 Å². The summed E-state index contributed by atoms with van der Waals surface area (Å²) in [4.78, 5) is 14.8. The molecule has 1 aliphatic heterocycles. The van der Waals surface area contributed by atoms with Crippen LogP contribution >= 0.6 is 0 Å². The summed E-state index contributed by atoms with van der Waals surface area (Å²) >= 11 is 0. The first-order valence-electron chi connectivity index (χ1n) is 10.5. The first-order valence-corrected chi connectivity index (χ1v) is 10.5. The second-order valence-corrected chi connectivity index (χ2v) is 8.08. The van der Waals surface area contributed by atoms with Gasteiger partial charge in [-0.3, -0.25) is 0 Å². The second-order valence-electron chi connectivity index (χ2n) is 8.08. The standard InChI is InChI=1S/C26H23F2N3O/c1-18(19-7-9-20(10-8-19)23-12-11-22(27)17-24(23)28)31-16-14-26(13-15-29,30-25(31)32)21-5-3-2-4-6-21/h2-12,17-18H,13-14,16H2,1H3,(H,30,32). The molecule has 2 atom stereocenters. The molecule has 0 bridgehead atoms. The molecule has 32 heavy (non-hydrogen) atoms. The Balaban J connectivity index is 1.52. The highest BCUT2D eigenvalue weighted by atomic mass is 19.1. The normalized spacial score (nSPS) is 19.2. The maximum absolute atomic E-state index is 14.1. The molecule has 3 aromatic carbocycles. The van der Waals surface area contributed by atoms with Gasteiger partial charge < -0.3 is 10.2 Å². The Labute approximate surface area is 186 Å². The van der Waals surface area contributed by atoms with Crippen LogP contribution < -0.4 is 5.32 Å². The Morgan fingerprint density at radius 1 is 1.09 bits per heavy atom. The number of carbonyl (C=O) groups is 1. The third-order valence-electron chi connectivity index (χ3n) is 6.20. The van der Waals surface area contributed by atoms with E-state index >= 15 is 0 Å². The zero-order valence-corrected chi connectivity index (χ0v) is 17.7. The first-order chi connectivity index (χ1) is 15.4. The number of urea groups is 1. The number of carbonyl (C=O) groups excluding carboxylic acids is 1. The van der Waals surface area contributed by atoms with Crippen LogP contribution in [-0.4, -0.2) is 17.5 Å². The first kappa shape index (κ1) is 21.5. The number of nitriles is 1. The van der Waals surface area contributed by atoms with Crippen LogP contribution in [0.15, 0.2) is 72.8 Å². The van der Waals surface area contributed by atoms with Gasteiger partial charge in [-0.05, 0) is 42.2 Å². The number of benzene rings is 3. The molecule has 2 amide bonds. The molecular weight excluding hydrogens is 408 g/mol. The molecule has 1 aliphatic rings. The molecule has 3 aromatic rings. The largest absolute Gasteiger partial charge is 0.327 e. The molecule has 2 unspecified atom stereocenters. The summed E-state index contributed by atoms with van der Waals surface area (Å²) in [6.07, 6.45) is 0.808. The number of nitrogens with zero attached hydrogens (tertiary/aromatic N) is 2. The van der Waals surface area contributed by atoms with Crippen molar-refractivity contribution >= 4 is 6.03 Å². The van der Waals surface area contributed by atoms with Gasteiger partial charge in [-0.15, -0.1) is 0 Å². The van der Waals surface area contributed by atoms with Crippen LogP contribution in [0.5, 0.6) is 0 Å². The quantitative estimate of drug-likeness (QED) is 0.545. The van der Waals surface area contributed by atoms with Crippen LogP contribution in [0.4, 0.5) is 13.6 Å². The van der Waals surface area contributed by atoms with E-state index in [4.69, 9.17) is 0 Å². The minimum absolute atomic E-state index is 0.197. The van der Waals surface area contributed by atoms with E-state index in [-0.39, 0.29) is 18.5 Å². The van der Waals surface area contributed by atoms with E-state index in [1.54, 1.807) is 17.0 Å². The third-order valence-corrected chi connectivity index (χ3v) is 6.20. The lowest BCUT2D eigenvalue weighted by Gasteiger charge is -2.44. The van der Waals surface area contributed by atoms with Crippen LogP contribution in [0.3, 0.4) is 0 Å². The lowest BCUT2D eigenvalue weighted by Crippen LogP contribution is -2.58. The minimum atomic E-state index is -0.701. The Morgan fingerprint density at radius 3 is 2.44 bits per heavy atom. The van der Waals surface area contributed by atoms with Gasteiger partial charge in [0.1, 0.15) is 11.6 Å². The molecule has 162 valence electrons. The van der Waals surface area contributed by atoms with Gasteiger partial charge >= 0.3 is 6.03 Å². The highest BCUT2D eigenvalue weighted by Crippen LogP contribution is 2.35. The van der Waals surface area contributed by atoms with Gasteiger partial charge in [-0.1, -0.05) is 54.6 Å². The lowest BCUT2D eigenvalue weighted by atomic mass is 9.82. The van der Waals surface area contributed by atoms with Crippen LogP contribution in [-0.2, 0) is 5.54 Å². The van der Waals surface area contributed by atoms with Crippen molar-refractivity contribution in [2.45, 2.75) is 31.3 Å². The molecular formula is C26H23F2N3O. The number of halogens is 2. The van der Waals surface area contributed by atoms with Gasteiger partial charge in [0.25, 0.3) is 0 Å². The average Bonchev–Trinajstić information content (AvgIpc) is 2.80. The molecule has 0 radical (unpaired) electrons. The molecule has 6 heteroatoms. The van der Waals surface area contributed by atoms with Crippen LogP contribution in [0.25, 0.3) is 11.1 Å². The maximum Gasteiger partial charge on any atom is 0.318 e. The number of hydrogen-bond acceptors (Lipinski definition) is 2. The predicted molar refractivity (Wildman–Crippen MR) is 118 cm³/mol. The molecule has 4 rings (SSSR count). The van der Waals surface area contributed by atoms with Crippen LogP contribution in [0, 0.1) is 23.0 Å². The van der Waals surface area contributed by atoms with Crippen molar-refractivity contribution in [2.24, 2.45) is 0 Å². The monoisotopic (exact) mass is 431 g/mol. The molecule has 4 nitrogen and oxygen atoms in total. The maximum atomic E-state index is 14.1. The Hall–Kier alpha value is -3.72. The van der Waals surface area contributed by atoms with Crippen molar-refractivity contribution in [1.29, 1.82) is 5.26 Å². The van der Waals surface area contributed by atoms with Gasteiger partial charge in [-0.2, -0.15) is 5.26 Å². The molecule has 0 aliphatic carbocycles. The van der Waals surface area contributed by atoms with E-state index < -0.39 is 17.2 Å². The third kappa shape index (κ3) is 4.06. The van der Waals surface area contributed by atoms with Crippen molar-refractivity contribution in [3.05, 3.63) is 95.6 Å². The second kappa shape index (κ2) is 8.80. The fourth-order valence-corrected chi connectivity index (χ4v) is 4.31. The lowest BCUT2D eigenvalue weighted by molar-refractivity contribution is 0.126. The number of nitrogens with one attached hydrogen (secondary N) is 1. The highest BCUT2D eigenvalue weighted by molar-refractivity contribution is 5.77. The smallest absolute Gasteiger partial charge is 0.318 e. The molecule has 1 saturated heterocycles. The van der Waals surface area contributed by atoms with Gasteiger partial charge in [0, 0.05) is 18.2 Å². The molecule has 1 heterocycles. The van der Waals surface area contributed by atoms with E-state index in [9.17, 15) is 18.8 Å². The van der Waals surface area contributed by atoms with Crippen molar-refractivity contribution in [3.63, 3.8) is 0 Å². The number of amides is 2. The molecule has 0 spiro atoms. The SMILES string of the molecule is CC(c1ccc(-c2ccc(F)cc2F)cc1)N1CCC(CC#N)(c2ccccc2)NC1=O. The summed E-state index contributed by atoms with van der Waals surface area (Å²) in [5.74, 6) is -1.23. The van der Waals surface area contributed by atoms with Crippen molar-refractivity contribution in [1.82, 2.24) is 10.2 Å². The predicted octanol–water partition coefficient (Wildman–Crippen LogP) is 5.92. The number of hydrogen-bond donors (Lipinski definition) is 1. The van der Waals surface area contributed by atoms with Crippen molar-refractivity contribution in [2.75, 3.05) is 6.54 Å². The fraction of sp³-hybridized carbons (Fsp3) is 0.231. The summed E-state index contributed by atoms with van der Waals surface area (Å²) in [6.45, 7) is 2.44. The van der Waals surface area contributed by atoms with Crippen molar-refractivity contribution < 1.29 is 13.6 Å². The summed E-state index contributed by atoms with van der Waals surface area (Å²) in [5.41, 5.74) is 2.09. The zero-order valence-electron chi connectivity index (χ0n) is 17.7. The van der Waals surface area contributed by atoms with E-state index in [0.29, 0.717) is 24.1 Å². The van der Waals surface area contributed by atoms with E-state index in [1.807, 2.05) is 49.4 Å². The van der Waals surface area contributed by atoms with Gasteiger partial charge in [0.2, 0.25) is 0 Å². The van der Waals surface area contributed by atoms with E-state index in [1.165, 1.54) is 12.1 Å². The Bertz CT molecular complexity index is 1160. The van der Waals surface area contributed by atoms with Gasteiger partial charge in [0.05, 0.1) is 24.1 Å². The van der Waals surface area contributed by atoms with Crippen LogP contribution in [0.2, 0.25) is 0 Å². The summed E-state index contributed by atoms with van der Waals surface area (Å²) in [5, 5.41) is 12.5. The highest BCUT2D eigenvalue weighted by Gasteiger charge is 2.41. The fourth-order valence-electron chi connectivity index (χ4n) is 4.31. The van der Waals surface area contributed by atoms with Gasteiger partial charge in [-0.25, -0.2) is 13.6 Å². The molecule has 0 aromatic heterocycles. The van der Waals surface area contributed by atoms with Crippen LogP contribution in [0.1, 0.15) is 36.9 Å². The Kier molecular flexibility index (Phi) is 5.91. The molecule has 0 saturated carbocycles.